The molecule has 21 heavy (non-hydrogen) atoms. The normalized spacial score (nSPS) is 11.2. The Morgan fingerprint density at radius 3 is 2.81 bits per heavy atom. The fourth-order valence-electron chi connectivity index (χ4n) is 2.52. The molecule has 0 aliphatic carbocycles. The Kier molecular flexibility index (Phi) is 3.32. The number of aryl methyl sites for hydroxylation is 3. The third kappa shape index (κ3) is 2.46. The van der Waals surface area contributed by atoms with Crippen LogP contribution >= 0.6 is 0 Å². The third-order valence-corrected chi connectivity index (χ3v) is 3.60. The summed E-state index contributed by atoms with van der Waals surface area (Å²) in [4.78, 5) is 11.3. The van der Waals surface area contributed by atoms with Gasteiger partial charge in [-0.1, -0.05) is 0 Å². The standard InChI is InChI=1S/C14H19N7/c1-9-12-13(17-10(2)18-14(12)21(4)19-9)20(3)6-5-11-7-15-16-8-11/h7-8H,5-6H2,1-4H3,(H,15,16). The third-order valence-electron chi connectivity index (χ3n) is 3.60. The van der Waals surface area contributed by atoms with Crippen LogP contribution in [0.3, 0.4) is 0 Å². The number of hydrogen-bond donors (Lipinski definition) is 1. The molecule has 0 fully saturated rings. The number of anilines is 1. The first-order valence-electron chi connectivity index (χ1n) is 6.93. The molecule has 0 aromatic carbocycles. The number of fused-ring (bicyclic) bond motifs is 1. The number of nitrogens with zero attached hydrogens (tertiary/aromatic N) is 6. The molecule has 0 saturated carbocycles. The van der Waals surface area contributed by atoms with Crippen LogP contribution in [0.25, 0.3) is 11.0 Å². The van der Waals surface area contributed by atoms with Crippen LogP contribution in [-0.2, 0) is 13.5 Å². The summed E-state index contributed by atoms with van der Waals surface area (Å²) < 4.78 is 1.81. The topological polar surface area (TPSA) is 75.5 Å². The average Bonchev–Trinajstić information content (AvgIpc) is 3.05. The van der Waals surface area contributed by atoms with E-state index in [0.29, 0.717) is 0 Å². The SMILES string of the molecule is Cc1nc(N(C)CCc2cn[nH]c2)c2c(C)nn(C)c2n1. The summed E-state index contributed by atoms with van der Waals surface area (Å²) in [6.45, 7) is 4.77. The molecule has 0 amide bonds. The van der Waals surface area contributed by atoms with Crippen molar-refractivity contribution in [2.24, 2.45) is 7.05 Å². The van der Waals surface area contributed by atoms with Gasteiger partial charge in [0, 0.05) is 26.8 Å². The zero-order valence-corrected chi connectivity index (χ0v) is 12.8. The lowest BCUT2D eigenvalue weighted by atomic mass is 10.2. The minimum Gasteiger partial charge on any atom is -0.359 e. The molecule has 0 atom stereocenters. The lowest BCUT2D eigenvalue weighted by Crippen LogP contribution is -2.22. The minimum absolute atomic E-state index is 0.760. The zero-order valence-electron chi connectivity index (χ0n) is 12.8. The van der Waals surface area contributed by atoms with Gasteiger partial charge in [0.25, 0.3) is 0 Å². The van der Waals surface area contributed by atoms with Crippen LogP contribution in [0.4, 0.5) is 5.82 Å². The van der Waals surface area contributed by atoms with E-state index in [4.69, 9.17) is 0 Å². The van der Waals surface area contributed by atoms with E-state index in [-0.39, 0.29) is 0 Å². The Hall–Kier alpha value is -2.44. The monoisotopic (exact) mass is 285 g/mol. The molecule has 7 nitrogen and oxygen atoms in total. The maximum Gasteiger partial charge on any atom is 0.163 e. The van der Waals surface area contributed by atoms with Gasteiger partial charge in [0.15, 0.2) is 5.65 Å². The van der Waals surface area contributed by atoms with Gasteiger partial charge in [-0.25, -0.2) is 9.97 Å². The number of H-pyrrole nitrogens is 1. The number of aromatic nitrogens is 6. The van der Waals surface area contributed by atoms with Gasteiger partial charge < -0.3 is 4.90 Å². The Bertz CT molecular complexity index is 757. The van der Waals surface area contributed by atoms with Gasteiger partial charge in [-0.05, 0) is 25.8 Å². The van der Waals surface area contributed by atoms with Crippen molar-refractivity contribution in [3.05, 3.63) is 29.5 Å². The highest BCUT2D eigenvalue weighted by molar-refractivity contribution is 5.89. The van der Waals surface area contributed by atoms with E-state index in [1.54, 1.807) is 0 Å². The Labute approximate surface area is 123 Å². The molecule has 3 heterocycles. The first kappa shape index (κ1) is 13.5. The smallest absolute Gasteiger partial charge is 0.163 e. The molecule has 0 spiro atoms. The quantitative estimate of drug-likeness (QED) is 0.784. The van der Waals surface area contributed by atoms with Crippen molar-refractivity contribution in [2.45, 2.75) is 20.3 Å². The number of rotatable bonds is 4. The molecule has 0 bridgehead atoms. The average molecular weight is 285 g/mol. The molecule has 7 heteroatoms. The largest absolute Gasteiger partial charge is 0.359 e. The molecule has 3 rings (SSSR count). The van der Waals surface area contributed by atoms with Crippen LogP contribution in [0.15, 0.2) is 12.4 Å². The highest BCUT2D eigenvalue weighted by Crippen LogP contribution is 2.25. The van der Waals surface area contributed by atoms with E-state index < -0.39 is 0 Å². The van der Waals surface area contributed by atoms with Crippen molar-refractivity contribution in [1.29, 1.82) is 0 Å². The number of nitrogens with one attached hydrogen (secondary N) is 1. The molecule has 0 aliphatic rings. The van der Waals surface area contributed by atoms with Crippen LogP contribution in [0.2, 0.25) is 0 Å². The Morgan fingerprint density at radius 2 is 2.10 bits per heavy atom. The van der Waals surface area contributed by atoms with Crippen LogP contribution in [0, 0.1) is 13.8 Å². The highest BCUT2D eigenvalue weighted by Gasteiger charge is 2.16. The van der Waals surface area contributed by atoms with Crippen LogP contribution < -0.4 is 4.90 Å². The second kappa shape index (κ2) is 5.16. The molecule has 3 aromatic heterocycles. The number of hydrogen-bond acceptors (Lipinski definition) is 5. The van der Waals surface area contributed by atoms with E-state index in [1.807, 2.05) is 45.0 Å². The fourth-order valence-corrected chi connectivity index (χ4v) is 2.52. The van der Waals surface area contributed by atoms with Crippen molar-refractivity contribution in [1.82, 2.24) is 29.9 Å². The van der Waals surface area contributed by atoms with Crippen molar-refractivity contribution in [2.75, 3.05) is 18.5 Å². The van der Waals surface area contributed by atoms with Gasteiger partial charge >= 0.3 is 0 Å². The molecule has 0 unspecified atom stereocenters. The number of aromatic amines is 1. The molecule has 110 valence electrons. The molecule has 0 aliphatic heterocycles. The summed E-state index contributed by atoms with van der Waals surface area (Å²) in [5.74, 6) is 1.70. The van der Waals surface area contributed by atoms with E-state index in [2.05, 4.69) is 30.2 Å². The van der Waals surface area contributed by atoms with Crippen LogP contribution in [0.5, 0.6) is 0 Å². The maximum atomic E-state index is 4.61. The lowest BCUT2D eigenvalue weighted by molar-refractivity contribution is 0.770. The summed E-state index contributed by atoms with van der Waals surface area (Å²) >= 11 is 0. The van der Waals surface area contributed by atoms with E-state index in [1.165, 1.54) is 5.56 Å². The first-order chi connectivity index (χ1) is 10.1. The Balaban J connectivity index is 1.95. The highest BCUT2D eigenvalue weighted by atomic mass is 15.3. The van der Waals surface area contributed by atoms with Crippen molar-refractivity contribution in [3.8, 4) is 0 Å². The van der Waals surface area contributed by atoms with Gasteiger partial charge in [0.2, 0.25) is 0 Å². The second-order valence-electron chi connectivity index (χ2n) is 5.28. The van der Waals surface area contributed by atoms with Crippen molar-refractivity contribution >= 4 is 16.9 Å². The van der Waals surface area contributed by atoms with Gasteiger partial charge in [-0.2, -0.15) is 10.2 Å². The van der Waals surface area contributed by atoms with Gasteiger partial charge in [-0.15, -0.1) is 0 Å². The second-order valence-corrected chi connectivity index (χ2v) is 5.28. The molecule has 3 aromatic rings. The van der Waals surface area contributed by atoms with Crippen LogP contribution in [-0.4, -0.2) is 43.5 Å². The predicted molar refractivity (Wildman–Crippen MR) is 81.3 cm³/mol. The molecule has 1 N–H and O–H groups in total. The summed E-state index contributed by atoms with van der Waals surface area (Å²) in [6.07, 6.45) is 4.69. The summed E-state index contributed by atoms with van der Waals surface area (Å²) in [5.41, 5.74) is 3.02. The van der Waals surface area contributed by atoms with Gasteiger partial charge in [-0.3, -0.25) is 9.78 Å². The molecular weight excluding hydrogens is 266 g/mol. The van der Waals surface area contributed by atoms with E-state index >= 15 is 0 Å². The van der Waals surface area contributed by atoms with Gasteiger partial charge in [0.1, 0.15) is 11.6 Å². The van der Waals surface area contributed by atoms with Crippen molar-refractivity contribution in [3.63, 3.8) is 0 Å². The summed E-state index contributed by atoms with van der Waals surface area (Å²) in [7, 11) is 3.96. The van der Waals surface area contributed by atoms with E-state index in [9.17, 15) is 0 Å². The minimum atomic E-state index is 0.760. The molecular formula is C14H19N7. The molecule has 0 saturated heterocycles. The lowest BCUT2D eigenvalue weighted by Gasteiger charge is -2.19. The predicted octanol–water partition coefficient (Wildman–Crippen LogP) is 1.38. The number of likely N-dealkylation sites (N-methyl/N-ethyl adjacent to an activating group) is 1. The molecule has 0 radical (unpaired) electrons. The fraction of sp³-hybridized carbons (Fsp3) is 0.429. The zero-order chi connectivity index (χ0) is 15.0. The summed E-state index contributed by atoms with van der Waals surface area (Å²) in [5, 5.41) is 12.3. The summed E-state index contributed by atoms with van der Waals surface area (Å²) in [6, 6.07) is 0. The maximum absolute atomic E-state index is 4.61. The van der Waals surface area contributed by atoms with Crippen LogP contribution in [0.1, 0.15) is 17.1 Å². The van der Waals surface area contributed by atoms with Gasteiger partial charge in [0.05, 0.1) is 17.3 Å². The van der Waals surface area contributed by atoms with E-state index in [0.717, 1.165) is 41.3 Å². The van der Waals surface area contributed by atoms with Crippen molar-refractivity contribution < 1.29 is 0 Å². The Morgan fingerprint density at radius 1 is 1.29 bits per heavy atom. The first-order valence-corrected chi connectivity index (χ1v) is 6.93.